The van der Waals surface area contributed by atoms with Gasteiger partial charge >= 0.3 is 0 Å². The third kappa shape index (κ3) is 4.20. The van der Waals surface area contributed by atoms with Crippen LogP contribution in [0.25, 0.3) is 0 Å². The first-order valence-corrected chi connectivity index (χ1v) is 6.54. The number of nitrogens with two attached hydrogens (primary N) is 1. The molecule has 1 fully saturated rings. The summed E-state index contributed by atoms with van der Waals surface area (Å²) in [5.74, 6) is 0.151. The fraction of sp³-hybridized carbons (Fsp3) is 0.500. The van der Waals surface area contributed by atoms with Crippen LogP contribution in [0.15, 0.2) is 30.3 Å². The summed E-state index contributed by atoms with van der Waals surface area (Å²) in [4.78, 5) is 16.2. The van der Waals surface area contributed by atoms with E-state index >= 15 is 0 Å². The predicted molar refractivity (Wildman–Crippen MR) is 80.7 cm³/mol. The molecular weight excluding hydrogens is 262 g/mol. The monoisotopic (exact) mass is 283 g/mol. The van der Waals surface area contributed by atoms with Gasteiger partial charge in [0.15, 0.2) is 0 Å². The highest BCUT2D eigenvalue weighted by molar-refractivity contribution is 5.94. The number of anilines is 1. The summed E-state index contributed by atoms with van der Waals surface area (Å²) in [6.45, 7) is 4.93. The van der Waals surface area contributed by atoms with E-state index in [0.717, 1.165) is 25.2 Å². The minimum Gasteiger partial charge on any atom is -0.326 e. The SMILES string of the molecule is CCN(C(=O)CN1CC[C@H](N)C1)c1ccccc1.Cl. The number of likely N-dealkylation sites (N-methyl/N-ethyl adjacent to an activating group) is 1. The second-order valence-corrected chi connectivity index (χ2v) is 4.76. The Balaban J connectivity index is 0.00000180. The Hall–Kier alpha value is -1.10. The molecule has 1 aliphatic rings. The molecule has 2 rings (SSSR count). The van der Waals surface area contributed by atoms with Crippen LogP contribution in [-0.2, 0) is 4.79 Å². The van der Waals surface area contributed by atoms with Gasteiger partial charge in [-0.15, -0.1) is 12.4 Å². The Morgan fingerprint density at radius 1 is 1.42 bits per heavy atom. The number of carbonyl (C=O) groups is 1. The number of rotatable bonds is 4. The summed E-state index contributed by atoms with van der Waals surface area (Å²) in [6, 6.07) is 10.0. The van der Waals surface area contributed by atoms with Gasteiger partial charge in [0.1, 0.15) is 0 Å². The van der Waals surface area contributed by atoms with E-state index in [2.05, 4.69) is 4.90 Å². The molecule has 106 valence electrons. The van der Waals surface area contributed by atoms with E-state index in [1.54, 1.807) is 0 Å². The van der Waals surface area contributed by atoms with Crippen molar-refractivity contribution in [3.8, 4) is 0 Å². The zero-order valence-corrected chi connectivity index (χ0v) is 12.1. The van der Waals surface area contributed by atoms with Crippen LogP contribution >= 0.6 is 12.4 Å². The van der Waals surface area contributed by atoms with Crippen LogP contribution in [0.5, 0.6) is 0 Å². The van der Waals surface area contributed by atoms with Crippen molar-refractivity contribution in [1.29, 1.82) is 0 Å². The molecule has 0 unspecified atom stereocenters. The van der Waals surface area contributed by atoms with Gasteiger partial charge in [-0.2, -0.15) is 0 Å². The normalized spacial score (nSPS) is 18.9. The van der Waals surface area contributed by atoms with Crippen molar-refractivity contribution in [2.75, 3.05) is 31.1 Å². The molecule has 1 amide bonds. The van der Waals surface area contributed by atoms with Crippen LogP contribution in [0.3, 0.4) is 0 Å². The van der Waals surface area contributed by atoms with E-state index in [-0.39, 0.29) is 24.4 Å². The van der Waals surface area contributed by atoms with E-state index in [9.17, 15) is 4.79 Å². The van der Waals surface area contributed by atoms with Crippen molar-refractivity contribution >= 4 is 24.0 Å². The molecule has 1 atom stereocenters. The largest absolute Gasteiger partial charge is 0.326 e. The van der Waals surface area contributed by atoms with Crippen molar-refractivity contribution in [2.45, 2.75) is 19.4 Å². The summed E-state index contributed by atoms with van der Waals surface area (Å²) in [6.07, 6.45) is 0.991. The van der Waals surface area contributed by atoms with Gasteiger partial charge in [-0.25, -0.2) is 0 Å². The van der Waals surface area contributed by atoms with Gasteiger partial charge in [-0.3, -0.25) is 9.69 Å². The average Bonchev–Trinajstić information content (AvgIpc) is 2.77. The Kier molecular flexibility index (Phi) is 6.28. The first-order valence-electron chi connectivity index (χ1n) is 6.54. The molecule has 4 nitrogen and oxygen atoms in total. The summed E-state index contributed by atoms with van der Waals surface area (Å²) >= 11 is 0. The van der Waals surface area contributed by atoms with Crippen LogP contribution in [0, 0.1) is 0 Å². The van der Waals surface area contributed by atoms with Gasteiger partial charge in [0.05, 0.1) is 6.54 Å². The number of likely N-dealkylation sites (tertiary alicyclic amines) is 1. The van der Waals surface area contributed by atoms with E-state index in [4.69, 9.17) is 5.73 Å². The summed E-state index contributed by atoms with van der Waals surface area (Å²) in [5, 5.41) is 0. The van der Waals surface area contributed by atoms with Crippen LogP contribution < -0.4 is 10.6 Å². The Bertz CT molecular complexity index is 399. The second kappa shape index (κ2) is 7.48. The number of halogens is 1. The lowest BCUT2D eigenvalue weighted by molar-refractivity contribution is -0.119. The third-order valence-corrected chi connectivity index (χ3v) is 3.35. The van der Waals surface area contributed by atoms with Gasteiger partial charge in [-0.1, -0.05) is 18.2 Å². The Morgan fingerprint density at radius 2 is 2.11 bits per heavy atom. The molecule has 1 saturated heterocycles. The zero-order valence-electron chi connectivity index (χ0n) is 11.3. The van der Waals surface area contributed by atoms with E-state index in [0.29, 0.717) is 13.1 Å². The Morgan fingerprint density at radius 3 is 2.63 bits per heavy atom. The van der Waals surface area contributed by atoms with Crippen LogP contribution in [-0.4, -0.2) is 43.0 Å². The molecule has 1 aliphatic heterocycles. The number of benzene rings is 1. The topological polar surface area (TPSA) is 49.6 Å². The number of amides is 1. The lowest BCUT2D eigenvalue weighted by Gasteiger charge is -2.24. The van der Waals surface area contributed by atoms with Crippen LogP contribution in [0.4, 0.5) is 5.69 Å². The highest BCUT2D eigenvalue weighted by atomic mass is 35.5. The molecule has 1 aromatic rings. The molecule has 2 N–H and O–H groups in total. The van der Waals surface area contributed by atoms with Gasteiger partial charge in [0, 0.05) is 31.4 Å². The second-order valence-electron chi connectivity index (χ2n) is 4.76. The first-order chi connectivity index (χ1) is 8.70. The minimum atomic E-state index is 0. The standard InChI is InChI=1S/C14H21N3O.ClH/c1-2-17(13-6-4-3-5-7-13)14(18)11-16-9-8-12(15)10-16;/h3-7,12H,2,8-11,15H2,1H3;1H/t12-;/m0./s1. The van der Waals surface area contributed by atoms with Gasteiger partial charge in [0.2, 0.25) is 5.91 Å². The van der Waals surface area contributed by atoms with Crippen LogP contribution in [0.1, 0.15) is 13.3 Å². The molecule has 1 aromatic carbocycles. The first kappa shape index (κ1) is 16.0. The molecule has 0 aromatic heterocycles. The molecule has 19 heavy (non-hydrogen) atoms. The lowest BCUT2D eigenvalue weighted by Crippen LogP contribution is -2.40. The quantitative estimate of drug-likeness (QED) is 0.911. The van der Waals surface area contributed by atoms with Gasteiger partial charge in [0.25, 0.3) is 0 Å². The van der Waals surface area contributed by atoms with E-state index < -0.39 is 0 Å². The molecule has 0 radical (unpaired) electrons. The van der Waals surface area contributed by atoms with Crippen molar-refractivity contribution in [1.82, 2.24) is 4.90 Å². The summed E-state index contributed by atoms with van der Waals surface area (Å²) in [5.41, 5.74) is 6.82. The zero-order chi connectivity index (χ0) is 13.0. The molecule has 1 heterocycles. The predicted octanol–water partition coefficient (Wildman–Crippen LogP) is 1.49. The smallest absolute Gasteiger partial charge is 0.241 e. The highest BCUT2D eigenvalue weighted by Gasteiger charge is 2.23. The van der Waals surface area contributed by atoms with E-state index in [1.807, 2.05) is 42.2 Å². The Labute approximate surface area is 121 Å². The minimum absolute atomic E-state index is 0. The van der Waals surface area contributed by atoms with Gasteiger partial charge < -0.3 is 10.6 Å². The molecule has 0 aliphatic carbocycles. The van der Waals surface area contributed by atoms with Crippen LogP contribution in [0.2, 0.25) is 0 Å². The number of para-hydroxylation sites is 1. The molecule has 5 heteroatoms. The fourth-order valence-electron chi connectivity index (χ4n) is 2.39. The van der Waals surface area contributed by atoms with Crippen molar-refractivity contribution in [3.05, 3.63) is 30.3 Å². The highest BCUT2D eigenvalue weighted by Crippen LogP contribution is 2.14. The van der Waals surface area contributed by atoms with Crippen molar-refractivity contribution < 1.29 is 4.79 Å². The molecule has 0 saturated carbocycles. The fourth-order valence-corrected chi connectivity index (χ4v) is 2.39. The maximum Gasteiger partial charge on any atom is 0.241 e. The number of hydrogen-bond acceptors (Lipinski definition) is 3. The van der Waals surface area contributed by atoms with Crippen molar-refractivity contribution in [2.24, 2.45) is 5.73 Å². The van der Waals surface area contributed by atoms with E-state index in [1.165, 1.54) is 0 Å². The average molecular weight is 284 g/mol. The number of nitrogens with zero attached hydrogens (tertiary/aromatic N) is 2. The summed E-state index contributed by atoms with van der Waals surface area (Å²) in [7, 11) is 0. The molecule has 0 spiro atoms. The number of hydrogen-bond donors (Lipinski definition) is 1. The molecular formula is C14H22ClN3O. The summed E-state index contributed by atoms with van der Waals surface area (Å²) < 4.78 is 0. The lowest BCUT2D eigenvalue weighted by atomic mass is 10.3. The molecule has 0 bridgehead atoms. The van der Waals surface area contributed by atoms with Gasteiger partial charge in [-0.05, 0) is 25.5 Å². The third-order valence-electron chi connectivity index (χ3n) is 3.35. The van der Waals surface area contributed by atoms with Crippen molar-refractivity contribution in [3.63, 3.8) is 0 Å². The maximum atomic E-state index is 12.3. The maximum absolute atomic E-state index is 12.3. The number of carbonyl (C=O) groups excluding carboxylic acids is 1.